The Balaban J connectivity index is 2.38. The Kier molecular flexibility index (Phi) is 6.71. The van der Waals surface area contributed by atoms with Gasteiger partial charge in [0.2, 0.25) is 5.91 Å². The molecular weight excluding hydrogens is 240 g/mol. The van der Waals surface area contributed by atoms with Crippen molar-refractivity contribution in [2.75, 3.05) is 30.3 Å². The van der Waals surface area contributed by atoms with Crippen molar-refractivity contribution in [2.45, 2.75) is 27.2 Å². The minimum Gasteiger partial charge on any atom is -0.384 e. The first kappa shape index (κ1) is 15.3. The summed E-state index contributed by atoms with van der Waals surface area (Å²) in [6.45, 7) is 8.14. The molecular formula is C14H24N4O. The van der Waals surface area contributed by atoms with E-state index < -0.39 is 0 Å². The molecule has 0 aliphatic carbocycles. The van der Waals surface area contributed by atoms with Crippen LogP contribution in [0.4, 0.5) is 11.4 Å². The second kappa shape index (κ2) is 8.34. The highest BCUT2D eigenvalue weighted by Crippen LogP contribution is 2.12. The van der Waals surface area contributed by atoms with Gasteiger partial charge in [-0.2, -0.15) is 0 Å². The Labute approximate surface area is 115 Å². The lowest BCUT2D eigenvalue weighted by Crippen LogP contribution is -2.32. The van der Waals surface area contributed by atoms with Crippen LogP contribution in [0.2, 0.25) is 0 Å². The van der Waals surface area contributed by atoms with Crippen LogP contribution in [0.3, 0.4) is 0 Å². The number of aromatic nitrogens is 1. The number of nitrogens with zero attached hydrogens (tertiary/aromatic N) is 1. The zero-order chi connectivity index (χ0) is 14.1. The number of rotatable bonds is 8. The van der Waals surface area contributed by atoms with Crippen LogP contribution in [0, 0.1) is 5.92 Å². The topological polar surface area (TPSA) is 66.0 Å². The average molecular weight is 264 g/mol. The maximum absolute atomic E-state index is 11.6. The molecule has 0 fully saturated rings. The van der Waals surface area contributed by atoms with Crippen LogP contribution in [-0.2, 0) is 4.79 Å². The molecule has 0 saturated carbocycles. The van der Waals surface area contributed by atoms with Crippen LogP contribution in [0.15, 0.2) is 18.5 Å². The van der Waals surface area contributed by atoms with E-state index in [1.807, 2.05) is 6.07 Å². The van der Waals surface area contributed by atoms with Crippen LogP contribution in [0.5, 0.6) is 0 Å². The highest BCUT2D eigenvalue weighted by Gasteiger charge is 2.02. The molecule has 0 radical (unpaired) electrons. The fourth-order valence-electron chi connectivity index (χ4n) is 1.47. The molecule has 0 bridgehead atoms. The van der Waals surface area contributed by atoms with Crippen molar-refractivity contribution in [1.29, 1.82) is 0 Å². The Hall–Kier alpha value is -1.78. The Morgan fingerprint density at radius 1 is 1.26 bits per heavy atom. The van der Waals surface area contributed by atoms with Crippen LogP contribution >= 0.6 is 0 Å². The van der Waals surface area contributed by atoms with E-state index in [4.69, 9.17) is 0 Å². The molecule has 0 saturated heterocycles. The predicted octanol–water partition coefficient (Wildman–Crippen LogP) is 2.09. The molecule has 0 aromatic carbocycles. The van der Waals surface area contributed by atoms with Gasteiger partial charge in [0, 0.05) is 13.1 Å². The van der Waals surface area contributed by atoms with E-state index in [-0.39, 0.29) is 12.5 Å². The number of hydrogen-bond donors (Lipinski definition) is 3. The summed E-state index contributed by atoms with van der Waals surface area (Å²) in [6.07, 6.45) is 4.56. The summed E-state index contributed by atoms with van der Waals surface area (Å²) in [7, 11) is 0. The number of hydrogen-bond acceptors (Lipinski definition) is 4. The second-order valence-corrected chi connectivity index (χ2v) is 4.94. The van der Waals surface area contributed by atoms with Gasteiger partial charge in [-0.05, 0) is 18.4 Å². The van der Waals surface area contributed by atoms with Gasteiger partial charge in [-0.25, -0.2) is 0 Å². The third-order valence-corrected chi connectivity index (χ3v) is 2.48. The molecule has 3 N–H and O–H groups in total. The SMILES string of the molecule is CCCNc1cncc(NCC(=O)NCC(C)C)c1. The first-order chi connectivity index (χ1) is 9.11. The Morgan fingerprint density at radius 3 is 2.58 bits per heavy atom. The van der Waals surface area contributed by atoms with Crippen molar-refractivity contribution >= 4 is 17.3 Å². The van der Waals surface area contributed by atoms with E-state index >= 15 is 0 Å². The van der Waals surface area contributed by atoms with Gasteiger partial charge in [0.1, 0.15) is 0 Å². The molecule has 5 nitrogen and oxygen atoms in total. The van der Waals surface area contributed by atoms with Gasteiger partial charge >= 0.3 is 0 Å². The third-order valence-electron chi connectivity index (χ3n) is 2.48. The fraction of sp³-hybridized carbons (Fsp3) is 0.571. The van der Waals surface area contributed by atoms with E-state index in [9.17, 15) is 4.79 Å². The van der Waals surface area contributed by atoms with Crippen LogP contribution in [-0.4, -0.2) is 30.5 Å². The van der Waals surface area contributed by atoms with Gasteiger partial charge in [0.25, 0.3) is 0 Å². The monoisotopic (exact) mass is 264 g/mol. The van der Waals surface area contributed by atoms with E-state index in [0.29, 0.717) is 12.5 Å². The first-order valence-electron chi connectivity index (χ1n) is 6.81. The second-order valence-electron chi connectivity index (χ2n) is 4.94. The molecule has 0 atom stereocenters. The molecule has 0 aliphatic rings. The quantitative estimate of drug-likeness (QED) is 0.672. The van der Waals surface area contributed by atoms with E-state index in [1.165, 1.54) is 0 Å². The summed E-state index contributed by atoms with van der Waals surface area (Å²) in [5, 5.41) is 9.19. The van der Waals surface area contributed by atoms with Crippen molar-refractivity contribution in [2.24, 2.45) is 5.92 Å². The Bertz CT molecular complexity index is 393. The number of carbonyl (C=O) groups excluding carboxylic acids is 1. The van der Waals surface area contributed by atoms with Crippen LogP contribution in [0.1, 0.15) is 27.2 Å². The fourth-order valence-corrected chi connectivity index (χ4v) is 1.47. The highest BCUT2D eigenvalue weighted by molar-refractivity contribution is 5.80. The molecule has 0 aliphatic heterocycles. The molecule has 5 heteroatoms. The summed E-state index contributed by atoms with van der Waals surface area (Å²) < 4.78 is 0. The smallest absolute Gasteiger partial charge is 0.239 e. The lowest BCUT2D eigenvalue weighted by Gasteiger charge is -2.10. The number of pyridine rings is 1. The van der Waals surface area contributed by atoms with Gasteiger partial charge < -0.3 is 16.0 Å². The average Bonchev–Trinajstić information content (AvgIpc) is 2.41. The number of nitrogens with one attached hydrogen (secondary N) is 3. The van der Waals surface area contributed by atoms with Gasteiger partial charge in [-0.3, -0.25) is 9.78 Å². The van der Waals surface area contributed by atoms with Crippen molar-refractivity contribution in [3.05, 3.63) is 18.5 Å². The van der Waals surface area contributed by atoms with Crippen molar-refractivity contribution in [1.82, 2.24) is 10.3 Å². The highest BCUT2D eigenvalue weighted by atomic mass is 16.1. The van der Waals surface area contributed by atoms with Crippen molar-refractivity contribution < 1.29 is 4.79 Å². The molecule has 1 heterocycles. The summed E-state index contributed by atoms with van der Waals surface area (Å²) in [5.41, 5.74) is 1.82. The minimum atomic E-state index is 0.000574. The van der Waals surface area contributed by atoms with Crippen LogP contribution < -0.4 is 16.0 Å². The van der Waals surface area contributed by atoms with Crippen molar-refractivity contribution in [3.63, 3.8) is 0 Å². The lowest BCUT2D eigenvalue weighted by atomic mass is 10.2. The molecule has 0 spiro atoms. The Morgan fingerprint density at radius 2 is 1.95 bits per heavy atom. The van der Waals surface area contributed by atoms with E-state index in [0.717, 1.165) is 24.3 Å². The molecule has 0 unspecified atom stereocenters. The summed E-state index contributed by atoms with van der Waals surface area (Å²) in [5.74, 6) is 0.466. The zero-order valence-corrected chi connectivity index (χ0v) is 12.0. The zero-order valence-electron chi connectivity index (χ0n) is 12.0. The third kappa shape index (κ3) is 6.64. The van der Waals surface area contributed by atoms with Crippen molar-refractivity contribution in [3.8, 4) is 0 Å². The largest absolute Gasteiger partial charge is 0.384 e. The van der Waals surface area contributed by atoms with E-state index in [1.54, 1.807) is 12.4 Å². The summed E-state index contributed by atoms with van der Waals surface area (Å²) in [4.78, 5) is 15.7. The predicted molar refractivity (Wildman–Crippen MR) is 79.4 cm³/mol. The minimum absolute atomic E-state index is 0.000574. The van der Waals surface area contributed by atoms with Crippen LogP contribution in [0.25, 0.3) is 0 Å². The van der Waals surface area contributed by atoms with Gasteiger partial charge in [-0.1, -0.05) is 20.8 Å². The summed E-state index contributed by atoms with van der Waals surface area (Å²) >= 11 is 0. The normalized spacial score (nSPS) is 10.3. The molecule has 1 aromatic heterocycles. The number of carbonyl (C=O) groups is 1. The maximum Gasteiger partial charge on any atom is 0.239 e. The van der Waals surface area contributed by atoms with Gasteiger partial charge in [0.05, 0.1) is 30.3 Å². The molecule has 19 heavy (non-hydrogen) atoms. The van der Waals surface area contributed by atoms with E-state index in [2.05, 4.69) is 41.7 Å². The molecule has 1 aromatic rings. The summed E-state index contributed by atoms with van der Waals surface area (Å²) in [6, 6.07) is 1.96. The molecule has 106 valence electrons. The number of amides is 1. The first-order valence-corrected chi connectivity index (χ1v) is 6.81. The maximum atomic E-state index is 11.6. The molecule has 1 amide bonds. The molecule has 1 rings (SSSR count). The van der Waals surface area contributed by atoms with Gasteiger partial charge in [-0.15, -0.1) is 0 Å². The van der Waals surface area contributed by atoms with Gasteiger partial charge in [0.15, 0.2) is 0 Å². The number of anilines is 2. The standard InChI is InChI=1S/C14H24N4O/c1-4-5-16-12-6-13(9-15-8-12)17-10-14(19)18-7-11(2)3/h6,8-9,11,16-17H,4-5,7,10H2,1-3H3,(H,18,19). The lowest BCUT2D eigenvalue weighted by molar-refractivity contribution is -0.119.